The molecule has 4 atom stereocenters. The number of para-hydroxylation sites is 1. The van der Waals surface area contributed by atoms with E-state index >= 15 is 0 Å². The molecule has 2 aliphatic rings. The molecular weight excluding hydrogens is 445 g/mol. The van der Waals surface area contributed by atoms with Crippen LogP contribution in [-0.4, -0.2) is 53.3 Å². The molecule has 5 rings (SSSR count). The summed E-state index contributed by atoms with van der Waals surface area (Å²) in [5.41, 5.74) is 4.02. The van der Waals surface area contributed by atoms with Crippen LogP contribution in [0.2, 0.25) is 5.02 Å². The third kappa shape index (κ3) is 3.93. The number of hydrogen-bond donors (Lipinski definition) is 3. The van der Waals surface area contributed by atoms with Crippen molar-refractivity contribution in [1.29, 1.82) is 0 Å². The van der Waals surface area contributed by atoms with E-state index in [1.54, 1.807) is 6.07 Å². The molecule has 3 N–H and O–H groups in total. The normalized spacial score (nSPS) is 25.0. The first-order valence-corrected chi connectivity index (χ1v) is 11.6. The fourth-order valence-electron chi connectivity index (χ4n) is 5.63. The van der Waals surface area contributed by atoms with E-state index in [2.05, 4.69) is 21.3 Å². The summed E-state index contributed by atoms with van der Waals surface area (Å²) in [5, 5.41) is 14.0. The molecule has 0 saturated carbocycles. The molecule has 1 fully saturated rings. The summed E-state index contributed by atoms with van der Waals surface area (Å²) in [6.07, 6.45) is 1.93. The van der Waals surface area contributed by atoms with Crippen molar-refractivity contribution < 1.29 is 19.0 Å². The molecule has 8 heteroatoms. The maximum absolute atomic E-state index is 14.5. The van der Waals surface area contributed by atoms with E-state index in [9.17, 15) is 14.3 Å². The molecule has 2 aromatic carbocycles. The summed E-state index contributed by atoms with van der Waals surface area (Å²) < 4.78 is 19.7. The first-order valence-electron chi connectivity index (χ1n) is 11.3. The minimum atomic E-state index is -0.491. The number of rotatable bonds is 5. The van der Waals surface area contributed by atoms with Gasteiger partial charge in [-0.1, -0.05) is 35.9 Å². The highest BCUT2D eigenvalue weighted by Gasteiger charge is 2.48. The molecule has 174 valence electrons. The van der Waals surface area contributed by atoms with Crippen molar-refractivity contribution in [2.45, 2.75) is 43.4 Å². The topological polar surface area (TPSA) is 77.6 Å². The second kappa shape index (κ2) is 9.06. The van der Waals surface area contributed by atoms with Crippen LogP contribution in [0.5, 0.6) is 0 Å². The zero-order valence-electron chi connectivity index (χ0n) is 18.4. The second-order valence-corrected chi connectivity index (χ2v) is 9.21. The lowest BCUT2D eigenvalue weighted by molar-refractivity contribution is -0.152. The smallest absolute Gasteiger partial charge is 0.323 e. The van der Waals surface area contributed by atoms with Crippen molar-refractivity contribution in [3.8, 4) is 0 Å². The van der Waals surface area contributed by atoms with Crippen molar-refractivity contribution in [2.24, 2.45) is 0 Å². The van der Waals surface area contributed by atoms with Gasteiger partial charge in [0, 0.05) is 41.6 Å². The lowest BCUT2D eigenvalue weighted by Crippen LogP contribution is -2.55. The first-order chi connectivity index (χ1) is 16.0. The van der Waals surface area contributed by atoms with Crippen LogP contribution in [0, 0.1) is 5.82 Å². The SMILES string of the molecule is COC(=O)[C@@H]1Cc2c([nH]c3ccccc23)[C@H]2C[C@@H](NCCO)C[C@@H](c3ccc(Cl)c(F)c3)N21. The molecular formula is C25H27ClFN3O3. The first kappa shape index (κ1) is 22.3. The maximum atomic E-state index is 14.5. The van der Waals surface area contributed by atoms with Crippen LogP contribution in [0.25, 0.3) is 10.9 Å². The molecule has 0 aliphatic carbocycles. The average molecular weight is 472 g/mol. The summed E-state index contributed by atoms with van der Waals surface area (Å²) in [6, 6.07) is 12.2. The number of methoxy groups -OCH3 is 1. The van der Waals surface area contributed by atoms with E-state index in [1.165, 1.54) is 13.2 Å². The molecule has 1 saturated heterocycles. The van der Waals surface area contributed by atoms with Crippen LogP contribution in [-0.2, 0) is 16.0 Å². The predicted molar refractivity (Wildman–Crippen MR) is 125 cm³/mol. The molecule has 33 heavy (non-hydrogen) atoms. The number of aromatic amines is 1. The third-order valence-corrected chi connectivity index (χ3v) is 7.33. The van der Waals surface area contributed by atoms with Gasteiger partial charge in [0.2, 0.25) is 0 Å². The van der Waals surface area contributed by atoms with Crippen molar-refractivity contribution in [3.63, 3.8) is 0 Å². The highest BCUT2D eigenvalue weighted by Crippen LogP contribution is 2.49. The summed E-state index contributed by atoms with van der Waals surface area (Å²) in [7, 11) is 1.41. The van der Waals surface area contributed by atoms with Crippen molar-refractivity contribution in [1.82, 2.24) is 15.2 Å². The number of H-pyrrole nitrogens is 1. The fraction of sp³-hybridized carbons (Fsp3) is 0.400. The van der Waals surface area contributed by atoms with Crippen LogP contribution in [0.1, 0.15) is 41.7 Å². The Morgan fingerprint density at radius 3 is 2.82 bits per heavy atom. The maximum Gasteiger partial charge on any atom is 0.323 e. The van der Waals surface area contributed by atoms with Gasteiger partial charge in [-0.2, -0.15) is 0 Å². The fourth-order valence-corrected chi connectivity index (χ4v) is 5.74. The van der Waals surface area contributed by atoms with Gasteiger partial charge in [0.05, 0.1) is 24.8 Å². The number of aliphatic hydroxyl groups is 1. The highest BCUT2D eigenvalue weighted by atomic mass is 35.5. The van der Waals surface area contributed by atoms with Crippen LogP contribution >= 0.6 is 11.6 Å². The quantitative estimate of drug-likeness (QED) is 0.492. The van der Waals surface area contributed by atoms with Gasteiger partial charge < -0.3 is 20.1 Å². The number of halogens is 2. The Labute approximate surface area is 196 Å². The lowest BCUT2D eigenvalue weighted by atomic mass is 9.79. The van der Waals surface area contributed by atoms with Crippen LogP contribution in [0.4, 0.5) is 4.39 Å². The van der Waals surface area contributed by atoms with Crippen LogP contribution in [0.15, 0.2) is 42.5 Å². The Morgan fingerprint density at radius 2 is 2.06 bits per heavy atom. The van der Waals surface area contributed by atoms with Gasteiger partial charge >= 0.3 is 5.97 Å². The molecule has 0 amide bonds. The molecule has 0 radical (unpaired) electrons. The molecule has 0 spiro atoms. The molecule has 3 heterocycles. The minimum Gasteiger partial charge on any atom is -0.468 e. The number of carbonyl (C=O) groups excluding carboxylic acids is 1. The number of carbonyl (C=O) groups is 1. The second-order valence-electron chi connectivity index (χ2n) is 8.80. The summed E-state index contributed by atoms with van der Waals surface area (Å²) in [6.45, 7) is 0.507. The van der Waals surface area contributed by atoms with E-state index in [1.807, 2.05) is 24.3 Å². The number of esters is 1. The Kier molecular flexibility index (Phi) is 6.14. The summed E-state index contributed by atoms with van der Waals surface area (Å²) in [5.74, 6) is -0.772. The van der Waals surface area contributed by atoms with Gasteiger partial charge in [-0.15, -0.1) is 0 Å². The average Bonchev–Trinajstić information content (AvgIpc) is 3.22. The number of ether oxygens (including phenoxy) is 1. The zero-order chi connectivity index (χ0) is 23.1. The van der Waals surface area contributed by atoms with Crippen molar-refractivity contribution in [2.75, 3.05) is 20.3 Å². The Hall–Kier alpha value is -2.45. The van der Waals surface area contributed by atoms with Gasteiger partial charge in [0.15, 0.2) is 0 Å². The van der Waals surface area contributed by atoms with Gasteiger partial charge in [-0.05, 0) is 42.2 Å². The minimum absolute atomic E-state index is 0.0353. The molecule has 6 nitrogen and oxygen atoms in total. The van der Waals surface area contributed by atoms with Gasteiger partial charge in [-0.25, -0.2) is 4.39 Å². The number of nitrogens with zero attached hydrogens (tertiary/aromatic N) is 1. The van der Waals surface area contributed by atoms with Gasteiger partial charge in [0.1, 0.15) is 11.9 Å². The van der Waals surface area contributed by atoms with Crippen LogP contribution in [0.3, 0.4) is 0 Å². The summed E-state index contributed by atoms with van der Waals surface area (Å²) >= 11 is 5.96. The van der Waals surface area contributed by atoms with E-state index in [0.29, 0.717) is 19.4 Å². The standard InChI is InChI=1S/C25H27ClFN3O3/c1-33-25(32)23-13-17-16-4-2-3-5-20(16)29-24(17)22-12-15(28-8-9-31)11-21(30(22)23)14-6-7-18(26)19(27)10-14/h2-7,10,15,21-23,28-29,31H,8-9,11-13H2,1H3/t15-,21-,22+,23-/m0/s1. The van der Waals surface area contributed by atoms with Crippen LogP contribution < -0.4 is 5.32 Å². The Bertz CT molecular complexity index is 1180. The number of piperidine rings is 1. The summed E-state index contributed by atoms with van der Waals surface area (Å²) in [4.78, 5) is 18.8. The number of aliphatic hydroxyl groups excluding tert-OH is 1. The van der Waals surface area contributed by atoms with Crippen molar-refractivity contribution in [3.05, 3.63) is 70.1 Å². The Morgan fingerprint density at radius 1 is 1.27 bits per heavy atom. The molecule has 1 aromatic heterocycles. The van der Waals surface area contributed by atoms with Gasteiger partial charge in [0.25, 0.3) is 0 Å². The highest BCUT2D eigenvalue weighted by molar-refractivity contribution is 6.30. The van der Waals surface area contributed by atoms with E-state index in [-0.39, 0.29) is 35.7 Å². The third-order valence-electron chi connectivity index (χ3n) is 7.02. The van der Waals surface area contributed by atoms with Gasteiger partial charge in [-0.3, -0.25) is 9.69 Å². The van der Waals surface area contributed by atoms with E-state index < -0.39 is 11.9 Å². The lowest BCUT2D eigenvalue weighted by Gasteiger charge is -2.50. The molecule has 0 unspecified atom stereocenters. The largest absolute Gasteiger partial charge is 0.468 e. The predicted octanol–water partition coefficient (Wildman–Crippen LogP) is 3.89. The van der Waals surface area contributed by atoms with E-state index in [4.69, 9.17) is 16.3 Å². The molecule has 2 aliphatic heterocycles. The van der Waals surface area contributed by atoms with Crippen molar-refractivity contribution >= 4 is 28.5 Å². The van der Waals surface area contributed by atoms with E-state index in [0.717, 1.165) is 34.1 Å². The number of hydrogen-bond acceptors (Lipinski definition) is 5. The molecule has 3 aromatic rings. The number of benzene rings is 2. The monoisotopic (exact) mass is 471 g/mol. The number of fused-ring (bicyclic) bond motifs is 5. The number of nitrogens with one attached hydrogen (secondary N) is 2. The number of aromatic nitrogens is 1. The zero-order valence-corrected chi connectivity index (χ0v) is 19.1. The Balaban J connectivity index is 1.65. The molecule has 0 bridgehead atoms.